The second kappa shape index (κ2) is 5.18. The molecule has 0 saturated heterocycles. The van der Waals surface area contributed by atoms with Crippen molar-refractivity contribution in [3.63, 3.8) is 0 Å². The maximum Gasteiger partial charge on any atom is 0.126 e. The fourth-order valence-electron chi connectivity index (χ4n) is 2.97. The first-order chi connectivity index (χ1) is 8.09. The van der Waals surface area contributed by atoms with Crippen LogP contribution in [0.5, 0.6) is 0 Å². The van der Waals surface area contributed by atoms with Gasteiger partial charge in [0, 0.05) is 12.0 Å². The molecule has 3 atom stereocenters. The molecule has 3 unspecified atom stereocenters. The summed E-state index contributed by atoms with van der Waals surface area (Å²) in [5, 5.41) is 0. The van der Waals surface area contributed by atoms with Gasteiger partial charge in [-0.05, 0) is 42.7 Å². The Morgan fingerprint density at radius 3 is 2.59 bits per heavy atom. The maximum absolute atomic E-state index is 13.8. The van der Waals surface area contributed by atoms with Crippen LogP contribution >= 0.6 is 0 Å². The van der Waals surface area contributed by atoms with Gasteiger partial charge in [-0.3, -0.25) is 0 Å². The first-order valence-electron chi connectivity index (χ1n) is 6.59. The fraction of sp³-hybridized carbons (Fsp3) is 0.600. The average Bonchev–Trinajstić information content (AvgIpc) is 2.30. The average molecular weight is 235 g/mol. The molecule has 1 aliphatic rings. The predicted octanol–water partition coefficient (Wildman–Crippen LogP) is 3.69. The molecule has 0 spiro atoms. The topological polar surface area (TPSA) is 26.0 Å². The van der Waals surface area contributed by atoms with Gasteiger partial charge in [0.1, 0.15) is 5.82 Å². The van der Waals surface area contributed by atoms with E-state index in [-0.39, 0.29) is 17.8 Å². The quantitative estimate of drug-likeness (QED) is 0.831. The summed E-state index contributed by atoms with van der Waals surface area (Å²) in [7, 11) is 0. The summed E-state index contributed by atoms with van der Waals surface area (Å²) in [4.78, 5) is 0. The van der Waals surface area contributed by atoms with Crippen LogP contribution in [-0.2, 0) is 0 Å². The van der Waals surface area contributed by atoms with Crippen molar-refractivity contribution in [1.82, 2.24) is 0 Å². The molecule has 0 amide bonds. The maximum atomic E-state index is 13.8. The Bertz CT molecular complexity index is 375. The highest BCUT2D eigenvalue weighted by Crippen LogP contribution is 2.39. The summed E-state index contributed by atoms with van der Waals surface area (Å²) in [6, 6.07) is 7.20. The summed E-state index contributed by atoms with van der Waals surface area (Å²) in [5.41, 5.74) is 6.99. The third-order valence-corrected chi connectivity index (χ3v) is 4.19. The van der Waals surface area contributed by atoms with Gasteiger partial charge in [-0.25, -0.2) is 4.39 Å². The summed E-state index contributed by atoms with van der Waals surface area (Å²) >= 11 is 0. The van der Waals surface area contributed by atoms with Gasteiger partial charge in [0.05, 0.1) is 0 Å². The largest absolute Gasteiger partial charge is 0.327 e. The number of nitrogens with two attached hydrogens (primary N) is 1. The lowest BCUT2D eigenvalue weighted by atomic mass is 9.71. The summed E-state index contributed by atoms with van der Waals surface area (Å²) in [5.74, 6) is 1.44. The number of halogens is 1. The van der Waals surface area contributed by atoms with E-state index in [1.807, 2.05) is 12.1 Å². The Labute approximate surface area is 103 Å². The van der Waals surface area contributed by atoms with Gasteiger partial charge in [0.15, 0.2) is 0 Å². The minimum absolute atomic E-state index is 0.0997. The molecule has 1 aliphatic carbocycles. The van der Waals surface area contributed by atoms with E-state index in [9.17, 15) is 4.39 Å². The number of hydrogen-bond donors (Lipinski definition) is 1. The monoisotopic (exact) mass is 235 g/mol. The van der Waals surface area contributed by atoms with Crippen molar-refractivity contribution in [2.45, 2.75) is 45.1 Å². The highest BCUT2D eigenvalue weighted by Gasteiger charge is 2.31. The van der Waals surface area contributed by atoms with E-state index in [1.165, 1.54) is 6.42 Å². The van der Waals surface area contributed by atoms with Crippen molar-refractivity contribution >= 4 is 0 Å². The molecule has 2 rings (SSSR count). The van der Waals surface area contributed by atoms with Gasteiger partial charge in [0.2, 0.25) is 0 Å². The molecule has 1 aromatic carbocycles. The molecule has 1 nitrogen and oxygen atoms in total. The molecule has 0 aliphatic heterocycles. The van der Waals surface area contributed by atoms with Crippen LogP contribution in [0.25, 0.3) is 0 Å². The van der Waals surface area contributed by atoms with Crippen molar-refractivity contribution < 1.29 is 4.39 Å². The number of hydrogen-bond acceptors (Lipinski definition) is 1. The number of rotatable bonds is 2. The zero-order valence-electron chi connectivity index (χ0n) is 10.7. The molecule has 0 heterocycles. The van der Waals surface area contributed by atoms with Crippen LogP contribution in [0, 0.1) is 17.7 Å². The summed E-state index contributed by atoms with van der Waals surface area (Å²) < 4.78 is 13.8. The fourth-order valence-corrected chi connectivity index (χ4v) is 2.97. The Kier molecular flexibility index (Phi) is 3.82. The van der Waals surface area contributed by atoms with E-state index in [4.69, 9.17) is 5.73 Å². The second-order valence-electron chi connectivity index (χ2n) is 5.61. The highest BCUT2D eigenvalue weighted by molar-refractivity contribution is 5.24. The lowest BCUT2D eigenvalue weighted by molar-refractivity contribution is 0.230. The van der Waals surface area contributed by atoms with Gasteiger partial charge in [-0.1, -0.05) is 32.0 Å². The molecule has 0 bridgehead atoms. The second-order valence-corrected chi connectivity index (χ2v) is 5.61. The minimum atomic E-state index is -0.0997. The molecular weight excluding hydrogens is 213 g/mol. The van der Waals surface area contributed by atoms with Crippen LogP contribution in [0.3, 0.4) is 0 Å². The third kappa shape index (κ3) is 2.68. The molecular formula is C15H22FN. The van der Waals surface area contributed by atoms with Crippen LogP contribution in [0.4, 0.5) is 4.39 Å². The zero-order chi connectivity index (χ0) is 12.4. The van der Waals surface area contributed by atoms with E-state index >= 15 is 0 Å². The van der Waals surface area contributed by atoms with E-state index in [0.717, 1.165) is 18.4 Å². The van der Waals surface area contributed by atoms with Crippen molar-refractivity contribution in [1.29, 1.82) is 0 Å². The van der Waals surface area contributed by atoms with Gasteiger partial charge in [-0.15, -0.1) is 0 Å². The predicted molar refractivity (Wildman–Crippen MR) is 69.3 cm³/mol. The molecule has 1 saturated carbocycles. The molecule has 1 aromatic rings. The lowest BCUT2D eigenvalue weighted by Gasteiger charge is -2.36. The van der Waals surface area contributed by atoms with Crippen molar-refractivity contribution in [3.8, 4) is 0 Å². The van der Waals surface area contributed by atoms with Crippen LogP contribution in [0.15, 0.2) is 24.3 Å². The third-order valence-electron chi connectivity index (χ3n) is 4.19. The molecule has 94 valence electrons. The van der Waals surface area contributed by atoms with Crippen molar-refractivity contribution in [2.75, 3.05) is 0 Å². The van der Waals surface area contributed by atoms with Crippen molar-refractivity contribution in [2.24, 2.45) is 17.6 Å². The van der Waals surface area contributed by atoms with Gasteiger partial charge in [-0.2, -0.15) is 0 Å². The van der Waals surface area contributed by atoms with E-state index in [2.05, 4.69) is 13.8 Å². The molecule has 0 aromatic heterocycles. The first kappa shape index (κ1) is 12.6. The Morgan fingerprint density at radius 2 is 1.94 bits per heavy atom. The Balaban J connectivity index is 2.21. The minimum Gasteiger partial charge on any atom is -0.327 e. The molecule has 1 fully saturated rings. The first-order valence-corrected chi connectivity index (χ1v) is 6.59. The summed E-state index contributed by atoms with van der Waals surface area (Å²) in [6.07, 6.45) is 3.23. The SMILES string of the molecule is CC(C)C1CCC(N)C(c2ccccc2F)C1. The van der Waals surface area contributed by atoms with E-state index < -0.39 is 0 Å². The van der Waals surface area contributed by atoms with Crippen LogP contribution in [0.1, 0.15) is 44.6 Å². The van der Waals surface area contributed by atoms with E-state index in [1.54, 1.807) is 12.1 Å². The smallest absolute Gasteiger partial charge is 0.126 e. The van der Waals surface area contributed by atoms with Crippen LogP contribution in [0.2, 0.25) is 0 Å². The number of benzene rings is 1. The lowest BCUT2D eigenvalue weighted by Crippen LogP contribution is -2.36. The van der Waals surface area contributed by atoms with Gasteiger partial charge < -0.3 is 5.73 Å². The van der Waals surface area contributed by atoms with Crippen LogP contribution < -0.4 is 5.73 Å². The van der Waals surface area contributed by atoms with E-state index in [0.29, 0.717) is 11.8 Å². The molecule has 17 heavy (non-hydrogen) atoms. The van der Waals surface area contributed by atoms with Crippen molar-refractivity contribution in [3.05, 3.63) is 35.6 Å². The molecule has 2 heteroatoms. The molecule has 0 radical (unpaired) electrons. The summed E-state index contributed by atoms with van der Waals surface area (Å²) in [6.45, 7) is 4.50. The zero-order valence-corrected chi connectivity index (χ0v) is 10.7. The van der Waals surface area contributed by atoms with Gasteiger partial charge in [0.25, 0.3) is 0 Å². The Hall–Kier alpha value is -0.890. The molecule has 2 N–H and O–H groups in total. The van der Waals surface area contributed by atoms with Gasteiger partial charge >= 0.3 is 0 Å². The van der Waals surface area contributed by atoms with Crippen LogP contribution in [-0.4, -0.2) is 6.04 Å². The Morgan fingerprint density at radius 1 is 1.24 bits per heavy atom. The standard InChI is InChI=1S/C15H22FN/c1-10(2)11-7-8-15(17)13(9-11)12-5-3-4-6-14(12)16/h3-6,10-11,13,15H,7-9,17H2,1-2H3. The normalized spacial score (nSPS) is 29.6. The highest BCUT2D eigenvalue weighted by atomic mass is 19.1.